The third-order valence-corrected chi connectivity index (χ3v) is 2.85. The largest absolute Gasteiger partial charge is 0.493 e. The molecule has 0 bridgehead atoms. The number of nitrogens with two attached hydrogens (primary N) is 1. The number of anilines is 3. The molecule has 0 saturated carbocycles. The number of ether oxygens (including phenoxy) is 2. The van der Waals surface area contributed by atoms with Crippen LogP contribution >= 0.6 is 0 Å². The molecule has 2 aromatic carbocycles. The average molecular weight is 269 g/mol. The molecule has 2 aromatic rings. The second kappa shape index (κ2) is 5.85. The Bertz CT molecular complexity index is 645. The fourth-order valence-electron chi connectivity index (χ4n) is 1.79. The van der Waals surface area contributed by atoms with Gasteiger partial charge in [0.25, 0.3) is 0 Å². The van der Waals surface area contributed by atoms with E-state index in [4.69, 9.17) is 20.5 Å². The van der Waals surface area contributed by atoms with Gasteiger partial charge in [-0.1, -0.05) is 0 Å². The highest BCUT2D eigenvalue weighted by Gasteiger charge is 2.09. The van der Waals surface area contributed by atoms with E-state index in [2.05, 4.69) is 11.4 Å². The van der Waals surface area contributed by atoms with Crippen molar-refractivity contribution in [3.8, 4) is 17.6 Å². The summed E-state index contributed by atoms with van der Waals surface area (Å²) in [4.78, 5) is 0. The van der Waals surface area contributed by atoms with Crippen LogP contribution in [-0.4, -0.2) is 14.2 Å². The van der Waals surface area contributed by atoms with Crippen molar-refractivity contribution in [3.63, 3.8) is 0 Å². The lowest BCUT2D eigenvalue weighted by Gasteiger charge is -2.14. The summed E-state index contributed by atoms with van der Waals surface area (Å²) in [6.07, 6.45) is 0. The molecule has 0 heterocycles. The normalized spacial score (nSPS) is 9.65. The lowest BCUT2D eigenvalue weighted by Crippen LogP contribution is -1.99. The molecule has 5 nitrogen and oxygen atoms in total. The molecule has 0 unspecified atom stereocenters. The van der Waals surface area contributed by atoms with Crippen molar-refractivity contribution < 1.29 is 9.47 Å². The third kappa shape index (κ3) is 2.75. The Hall–Kier alpha value is -2.87. The summed E-state index contributed by atoms with van der Waals surface area (Å²) in [6.45, 7) is 0. The molecule has 0 saturated heterocycles. The molecular weight excluding hydrogens is 254 g/mol. The summed E-state index contributed by atoms with van der Waals surface area (Å²) in [5, 5.41) is 11.9. The van der Waals surface area contributed by atoms with Crippen LogP contribution in [0.3, 0.4) is 0 Å². The van der Waals surface area contributed by atoms with E-state index >= 15 is 0 Å². The number of nitrogens with zero attached hydrogens (tertiary/aromatic N) is 1. The number of nitriles is 1. The van der Waals surface area contributed by atoms with Crippen LogP contribution in [0, 0.1) is 11.3 Å². The van der Waals surface area contributed by atoms with E-state index in [-0.39, 0.29) is 0 Å². The van der Waals surface area contributed by atoms with Crippen molar-refractivity contribution in [3.05, 3.63) is 42.0 Å². The van der Waals surface area contributed by atoms with E-state index in [1.165, 1.54) is 0 Å². The van der Waals surface area contributed by atoms with Gasteiger partial charge in [-0.2, -0.15) is 5.26 Å². The maximum atomic E-state index is 8.77. The summed E-state index contributed by atoms with van der Waals surface area (Å²) in [7, 11) is 3.13. The predicted octanol–water partition coefficient (Wildman–Crippen LogP) is 2.90. The van der Waals surface area contributed by atoms with Gasteiger partial charge in [0.1, 0.15) is 0 Å². The quantitative estimate of drug-likeness (QED) is 0.834. The number of hydrogen-bond acceptors (Lipinski definition) is 5. The minimum Gasteiger partial charge on any atom is -0.493 e. The number of nitrogen functional groups attached to an aromatic ring is 1. The second-order valence-corrected chi connectivity index (χ2v) is 4.11. The van der Waals surface area contributed by atoms with E-state index < -0.39 is 0 Å². The average Bonchev–Trinajstić information content (AvgIpc) is 2.49. The van der Waals surface area contributed by atoms with E-state index in [0.29, 0.717) is 28.4 Å². The molecule has 0 aliphatic rings. The lowest BCUT2D eigenvalue weighted by atomic mass is 10.2. The van der Waals surface area contributed by atoms with Crippen LogP contribution in [0.5, 0.6) is 11.5 Å². The van der Waals surface area contributed by atoms with Crippen molar-refractivity contribution in [1.82, 2.24) is 0 Å². The predicted molar refractivity (Wildman–Crippen MR) is 78.4 cm³/mol. The molecule has 0 spiro atoms. The van der Waals surface area contributed by atoms with E-state index in [0.717, 1.165) is 5.69 Å². The fourth-order valence-corrected chi connectivity index (χ4v) is 1.79. The van der Waals surface area contributed by atoms with E-state index in [1.807, 2.05) is 12.1 Å². The molecule has 102 valence electrons. The van der Waals surface area contributed by atoms with Crippen molar-refractivity contribution in [2.24, 2.45) is 0 Å². The van der Waals surface area contributed by atoms with Crippen molar-refractivity contribution in [1.29, 1.82) is 5.26 Å². The van der Waals surface area contributed by atoms with Gasteiger partial charge in [0, 0.05) is 17.8 Å². The van der Waals surface area contributed by atoms with Gasteiger partial charge in [0.05, 0.1) is 37.2 Å². The number of hydrogen-bond donors (Lipinski definition) is 2. The van der Waals surface area contributed by atoms with Gasteiger partial charge in [-0.3, -0.25) is 0 Å². The minimum absolute atomic E-state index is 0.548. The van der Waals surface area contributed by atoms with Gasteiger partial charge in [-0.15, -0.1) is 0 Å². The van der Waals surface area contributed by atoms with Gasteiger partial charge in [-0.05, 0) is 24.3 Å². The highest BCUT2D eigenvalue weighted by atomic mass is 16.5. The Morgan fingerprint density at radius 1 is 1.05 bits per heavy atom. The second-order valence-electron chi connectivity index (χ2n) is 4.11. The molecular formula is C15H15N3O2. The van der Waals surface area contributed by atoms with Crippen LogP contribution in [0.1, 0.15) is 5.56 Å². The van der Waals surface area contributed by atoms with Gasteiger partial charge in [0.2, 0.25) is 0 Å². The maximum absolute atomic E-state index is 8.77. The number of benzene rings is 2. The molecule has 3 N–H and O–H groups in total. The molecule has 0 fully saturated rings. The topological polar surface area (TPSA) is 80.3 Å². The fraction of sp³-hybridized carbons (Fsp3) is 0.133. The monoisotopic (exact) mass is 269 g/mol. The summed E-state index contributed by atoms with van der Waals surface area (Å²) in [6, 6.07) is 12.6. The molecule has 0 amide bonds. The first-order valence-electron chi connectivity index (χ1n) is 5.96. The van der Waals surface area contributed by atoms with E-state index in [9.17, 15) is 0 Å². The Labute approximate surface area is 117 Å². The van der Waals surface area contributed by atoms with Gasteiger partial charge in [0.15, 0.2) is 11.5 Å². The highest BCUT2D eigenvalue weighted by Crippen LogP contribution is 2.36. The minimum atomic E-state index is 0.548. The zero-order valence-corrected chi connectivity index (χ0v) is 11.3. The molecule has 0 aromatic heterocycles. The molecule has 0 radical (unpaired) electrons. The Kier molecular flexibility index (Phi) is 3.96. The molecule has 5 heteroatoms. The van der Waals surface area contributed by atoms with Crippen LogP contribution in [0.25, 0.3) is 0 Å². The zero-order chi connectivity index (χ0) is 14.5. The van der Waals surface area contributed by atoms with Gasteiger partial charge in [-0.25, -0.2) is 0 Å². The number of rotatable bonds is 4. The van der Waals surface area contributed by atoms with E-state index in [1.54, 1.807) is 38.5 Å². The smallest absolute Gasteiger partial charge is 0.162 e. The highest BCUT2D eigenvalue weighted by molar-refractivity contribution is 5.76. The Balaban J connectivity index is 2.30. The van der Waals surface area contributed by atoms with Crippen LogP contribution in [-0.2, 0) is 0 Å². The summed E-state index contributed by atoms with van der Waals surface area (Å²) < 4.78 is 10.4. The van der Waals surface area contributed by atoms with Crippen LogP contribution in [0.4, 0.5) is 17.1 Å². The number of methoxy groups -OCH3 is 2. The standard InChI is InChI=1S/C15H15N3O2/c1-19-14-7-12(17)13(8-15(14)20-2)18-11-5-3-10(9-16)4-6-11/h3-8,18H,17H2,1-2H3. The summed E-state index contributed by atoms with van der Waals surface area (Å²) in [5.74, 6) is 1.17. The van der Waals surface area contributed by atoms with Crippen LogP contribution in [0.2, 0.25) is 0 Å². The third-order valence-electron chi connectivity index (χ3n) is 2.85. The number of nitrogens with one attached hydrogen (secondary N) is 1. The SMILES string of the molecule is COc1cc(N)c(Nc2ccc(C#N)cc2)cc1OC. The molecule has 2 rings (SSSR count). The van der Waals surface area contributed by atoms with Crippen LogP contribution < -0.4 is 20.5 Å². The first-order valence-corrected chi connectivity index (χ1v) is 5.96. The van der Waals surface area contributed by atoms with Crippen LogP contribution in [0.15, 0.2) is 36.4 Å². The summed E-state index contributed by atoms with van der Waals surface area (Å²) >= 11 is 0. The first kappa shape index (κ1) is 13.6. The van der Waals surface area contributed by atoms with Crippen molar-refractivity contribution in [2.75, 3.05) is 25.3 Å². The van der Waals surface area contributed by atoms with Crippen molar-refractivity contribution >= 4 is 17.1 Å². The summed E-state index contributed by atoms with van der Waals surface area (Å²) in [5.41, 5.74) is 8.68. The van der Waals surface area contributed by atoms with Gasteiger partial charge < -0.3 is 20.5 Å². The Morgan fingerprint density at radius 2 is 1.65 bits per heavy atom. The zero-order valence-electron chi connectivity index (χ0n) is 11.3. The lowest BCUT2D eigenvalue weighted by molar-refractivity contribution is 0.355. The Morgan fingerprint density at radius 3 is 2.20 bits per heavy atom. The molecule has 0 aliphatic carbocycles. The van der Waals surface area contributed by atoms with Gasteiger partial charge >= 0.3 is 0 Å². The molecule has 0 atom stereocenters. The molecule has 20 heavy (non-hydrogen) atoms. The van der Waals surface area contributed by atoms with Crippen molar-refractivity contribution in [2.45, 2.75) is 0 Å². The molecule has 0 aliphatic heterocycles. The first-order chi connectivity index (χ1) is 9.67. The maximum Gasteiger partial charge on any atom is 0.162 e.